The molecule has 116 valence electrons. The van der Waals surface area contributed by atoms with Crippen molar-refractivity contribution in [1.82, 2.24) is 0 Å². The molecule has 0 saturated carbocycles. The maximum atomic E-state index is 12.5. The molecule has 0 aromatic heterocycles. The summed E-state index contributed by atoms with van der Waals surface area (Å²) in [6.07, 6.45) is 0. The molecule has 0 atom stereocenters. The Balaban J connectivity index is 2.47. The second-order valence-corrected chi connectivity index (χ2v) is 6.93. The topological polar surface area (TPSA) is 83.5 Å². The maximum absolute atomic E-state index is 12.5. The molecule has 2 aromatic carbocycles. The summed E-state index contributed by atoms with van der Waals surface area (Å²) in [5.74, 6) is -1.16. The number of carboxylic acid groups (broad SMARTS) is 1. The summed E-state index contributed by atoms with van der Waals surface area (Å²) in [6.45, 7) is 3.47. The fraction of sp³-hybridized carbons (Fsp3) is 0.133. The highest BCUT2D eigenvalue weighted by Crippen LogP contribution is 2.27. The van der Waals surface area contributed by atoms with Crippen LogP contribution in [0.1, 0.15) is 21.5 Å². The Morgan fingerprint density at radius 3 is 2.45 bits per heavy atom. The van der Waals surface area contributed by atoms with E-state index in [2.05, 4.69) is 4.72 Å². The zero-order valence-corrected chi connectivity index (χ0v) is 13.5. The quantitative estimate of drug-likeness (QED) is 0.893. The standard InChI is InChI=1S/C15H14ClNO4S/c1-9-3-4-10(2)14(7-9)22(20,21)17-13-8-11(15(18)19)5-6-12(13)16/h3-8,17H,1-2H3,(H,18,19). The second-order valence-electron chi connectivity index (χ2n) is 4.87. The zero-order chi connectivity index (χ0) is 16.5. The van der Waals surface area contributed by atoms with Gasteiger partial charge in [0.25, 0.3) is 10.0 Å². The number of aryl methyl sites for hydroxylation is 2. The van der Waals surface area contributed by atoms with Crippen LogP contribution in [0.4, 0.5) is 5.69 Å². The summed E-state index contributed by atoms with van der Waals surface area (Å²) in [4.78, 5) is 11.1. The number of carboxylic acids is 1. The molecule has 7 heteroatoms. The van der Waals surface area contributed by atoms with Gasteiger partial charge in [-0.1, -0.05) is 23.7 Å². The van der Waals surface area contributed by atoms with Crippen LogP contribution < -0.4 is 4.72 Å². The van der Waals surface area contributed by atoms with Gasteiger partial charge in [0, 0.05) is 0 Å². The van der Waals surface area contributed by atoms with Crippen molar-refractivity contribution in [3.8, 4) is 0 Å². The molecule has 0 bridgehead atoms. The van der Waals surface area contributed by atoms with Crippen LogP contribution >= 0.6 is 11.6 Å². The molecule has 0 aliphatic carbocycles. The van der Waals surface area contributed by atoms with E-state index in [1.807, 2.05) is 6.07 Å². The van der Waals surface area contributed by atoms with E-state index in [4.69, 9.17) is 16.7 Å². The number of carbonyl (C=O) groups is 1. The van der Waals surface area contributed by atoms with Crippen LogP contribution in [0.3, 0.4) is 0 Å². The third kappa shape index (κ3) is 3.40. The Hall–Kier alpha value is -2.05. The minimum absolute atomic E-state index is 0.0301. The molecule has 0 aliphatic heterocycles. The summed E-state index contributed by atoms with van der Waals surface area (Å²) in [7, 11) is -3.86. The highest BCUT2D eigenvalue weighted by Gasteiger charge is 2.19. The Morgan fingerprint density at radius 2 is 1.82 bits per heavy atom. The second kappa shape index (κ2) is 5.98. The normalized spacial score (nSPS) is 11.2. The van der Waals surface area contributed by atoms with Crippen LogP contribution in [0, 0.1) is 13.8 Å². The van der Waals surface area contributed by atoms with Gasteiger partial charge >= 0.3 is 5.97 Å². The smallest absolute Gasteiger partial charge is 0.335 e. The van der Waals surface area contributed by atoms with E-state index in [0.29, 0.717) is 5.56 Å². The first-order valence-electron chi connectivity index (χ1n) is 6.33. The Labute approximate surface area is 133 Å². The average molecular weight is 340 g/mol. The number of hydrogen-bond donors (Lipinski definition) is 2. The van der Waals surface area contributed by atoms with Crippen molar-refractivity contribution < 1.29 is 18.3 Å². The molecule has 0 amide bonds. The van der Waals surface area contributed by atoms with E-state index < -0.39 is 16.0 Å². The number of anilines is 1. The van der Waals surface area contributed by atoms with E-state index in [1.165, 1.54) is 18.2 Å². The van der Waals surface area contributed by atoms with Gasteiger partial charge in [0.05, 0.1) is 21.2 Å². The Morgan fingerprint density at radius 1 is 1.14 bits per heavy atom. The highest BCUT2D eigenvalue weighted by atomic mass is 35.5. The molecule has 0 heterocycles. The largest absolute Gasteiger partial charge is 0.478 e. The molecule has 0 unspecified atom stereocenters. The van der Waals surface area contributed by atoms with E-state index in [0.717, 1.165) is 5.56 Å². The van der Waals surface area contributed by atoms with Gasteiger partial charge in [0.1, 0.15) is 0 Å². The monoisotopic (exact) mass is 339 g/mol. The van der Waals surface area contributed by atoms with Gasteiger partial charge in [-0.3, -0.25) is 4.72 Å². The third-order valence-electron chi connectivity index (χ3n) is 3.09. The number of rotatable bonds is 4. The number of hydrogen-bond acceptors (Lipinski definition) is 3. The maximum Gasteiger partial charge on any atom is 0.335 e. The van der Waals surface area contributed by atoms with Crippen LogP contribution in [-0.2, 0) is 10.0 Å². The molecule has 2 rings (SSSR count). The van der Waals surface area contributed by atoms with Gasteiger partial charge in [0.2, 0.25) is 0 Å². The minimum atomic E-state index is -3.86. The van der Waals surface area contributed by atoms with Crippen LogP contribution in [0.25, 0.3) is 0 Å². The molecule has 2 aromatic rings. The van der Waals surface area contributed by atoms with E-state index in [-0.39, 0.29) is 21.2 Å². The van der Waals surface area contributed by atoms with Crippen LogP contribution in [-0.4, -0.2) is 19.5 Å². The summed E-state index contributed by atoms with van der Waals surface area (Å²) < 4.78 is 27.3. The number of nitrogens with one attached hydrogen (secondary N) is 1. The van der Waals surface area contributed by atoms with Crippen molar-refractivity contribution in [3.05, 3.63) is 58.1 Å². The van der Waals surface area contributed by atoms with E-state index in [1.54, 1.807) is 26.0 Å². The van der Waals surface area contributed by atoms with E-state index >= 15 is 0 Å². The van der Waals surface area contributed by atoms with Gasteiger partial charge in [-0.05, 0) is 49.2 Å². The van der Waals surface area contributed by atoms with Gasteiger partial charge in [-0.2, -0.15) is 0 Å². The lowest BCUT2D eigenvalue weighted by Crippen LogP contribution is -2.15. The van der Waals surface area contributed by atoms with Crippen molar-refractivity contribution >= 4 is 33.3 Å². The lowest BCUT2D eigenvalue weighted by atomic mass is 10.2. The van der Waals surface area contributed by atoms with E-state index in [9.17, 15) is 13.2 Å². The van der Waals surface area contributed by atoms with Crippen LogP contribution in [0.2, 0.25) is 5.02 Å². The summed E-state index contributed by atoms with van der Waals surface area (Å²) in [5, 5.41) is 9.10. The number of benzene rings is 2. The molecule has 0 aliphatic rings. The molecule has 2 N–H and O–H groups in total. The molecule has 5 nitrogen and oxygen atoms in total. The average Bonchev–Trinajstić information content (AvgIpc) is 2.43. The molecule has 22 heavy (non-hydrogen) atoms. The molecule has 0 spiro atoms. The Bertz CT molecular complexity index is 847. The Kier molecular flexibility index (Phi) is 4.44. The lowest BCUT2D eigenvalue weighted by Gasteiger charge is -2.12. The molecular formula is C15H14ClNO4S. The van der Waals surface area contributed by atoms with Gasteiger partial charge in [-0.15, -0.1) is 0 Å². The van der Waals surface area contributed by atoms with Crippen molar-refractivity contribution in [1.29, 1.82) is 0 Å². The van der Waals surface area contributed by atoms with Crippen molar-refractivity contribution in [2.75, 3.05) is 4.72 Å². The summed E-state index contributed by atoms with van der Waals surface area (Å²) in [6, 6.07) is 8.90. The third-order valence-corrected chi connectivity index (χ3v) is 4.93. The molecule has 0 radical (unpaired) electrons. The molecule has 0 fully saturated rings. The first-order valence-corrected chi connectivity index (χ1v) is 8.20. The van der Waals surface area contributed by atoms with Gasteiger partial charge < -0.3 is 5.11 Å². The predicted molar refractivity (Wildman–Crippen MR) is 85.1 cm³/mol. The van der Waals surface area contributed by atoms with Crippen molar-refractivity contribution in [3.63, 3.8) is 0 Å². The zero-order valence-electron chi connectivity index (χ0n) is 11.9. The summed E-state index contributed by atoms with van der Waals surface area (Å²) >= 11 is 5.95. The highest BCUT2D eigenvalue weighted by molar-refractivity contribution is 7.92. The fourth-order valence-electron chi connectivity index (χ4n) is 1.93. The number of aromatic carboxylic acids is 1. The lowest BCUT2D eigenvalue weighted by molar-refractivity contribution is 0.0697. The minimum Gasteiger partial charge on any atom is -0.478 e. The summed E-state index contributed by atoms with van der Waals surface area (Å²) in [5.41, 5.74) is 1.37. The number of sulfonamides is 1. The SMILES string of the molecule is Cc1ccc(C)c(S(=O)(=O)Nc2cc(C(=O)O)ccc2Cl)c1. The first kappa shape index (κ1) is 16.3. The number of halogens is 1. The molecule has 0 saturated heterocycles. The van der Waals surface area contributed by atoms with Gasteiger partial charge in [0.15, 0.2) is 0 Å². The fourth-order valence-corrected chi connectivity index (χ4v) is 3.56. The van der Waals surface area contributed by atoms with Crippen molar-refractivity contribution in [2.45, 2.75) is 18.7 Å². The van der Waals surface area contributed by atoms with Gasteiger partial charge in [-0.25, -0.2) is 13.2 Å². The predicted octanol–water partition coefficient (Wildman–Crippen LogP) is 3.46. The van der Waals surface area contributed by atoms with Crippen LogP contribution in [0.15, 0.2) is 41.3 Å². The molecular weight excluding hydrogens is 326 g/mol. The van der Waals surface area contributed by atoms with Crippen molar-refractivity contribution in [2.24, 2.45) is 0 Å². The first-order chi connectivity index (χ1) is 10.2. The van der Waals surface area contributed by atoms with Crippen LogP contribution in [0.5, 0.6) is 0 Å².